The van der Waals surface area contributed by atoms with Crippen LogP contribution < -0.4 is 0 Å². The van der Waals surface area contributed by atoms with Gasteiger partial charge < -0.3 is 0 Å². The van der Waals surface area contributed by atoms with Gasteiger partial charge in [0, 0.05) is 0 Å². The van der Waals surface area contributed by atoms with Crippen LogP contribution in [0.25, 0.3) is 0 Å². The molecule has 0 amide bonds. The van der Waals surface area contributed by atoms with Gasteiger partial charge in [0.15, 0.2) is 0 Å². The summed E-state index contributed by atoms with van der Waals surface area (Å²) in [5, 5.41) is 11.0. The van der Waals surface area contributed by atoms with Crippen LogP contribution in [0.15, 0.2) is 19.8 Å². The zero-order valence-corrected chi connectivity index (χ0v) is 15.1. The molecule has 0 saturated carbocycles. The summed E-state index contributed by atoms with van der Waals surface area (Å²) in [5.41, 5.74) is 1.58. The van der Waals surface area contributed by atoms with Crippen LogP contribution in [0, 0.1) is 5.41 Å². The molecular formula is C9H17Cl2OSiZr. The molecule has 0 radical (unpaired) electrons. The Balaban J connectivity index is 0. The van der Waals surface area contributed by atoms with Crippen LogP contribution in [0.4, 0.5) is 0 Å². The number of hydrogen-bond acceptors (Lipinski definition) is 1. The molecule has 14 heavy (non-hydrogen) atoms. The number of aliphatic hydroxyl groups excluding tert-OH is 1. The largest absolute Gasteiger partial charge is 0.147 e. The Kier molecular flexibility index (Phi) is 7.30. The van der Waals surface area contributed by atoms with E-state index in [1.807, 2.05) is 0 Å². The SMILES string of the molecule is CCC1(C)C(C)=C([SiH3])C(O)=[C]1[Zr].Cl.Cl. The van der Waals surface area contributed by atoms with Gasteiger partial charge in [0.25, 0.3) is 0 Å². The van der Waals surface area contributed by atoms with Gasteiger partial charge in [-0.2, -0.15) is 0 Å². The molecule has 1 aliphatic carbocycles. The maximum Gasteiger partial charge on any atom is -0.147 e. The number of halogens is 2. The summed E-state index contributed by atoms with van der Waals surface area (Å²) in [6, 6.07) is 0. The first kappa shape index (κ1) is 17.4. The summed E-state index contributed by atoms with van der Waals surface area (Å²) in [7, 11) is 0.971. The van der Waals surface area contributed by atoms with Crippen molar-refractivity contribution in [3.05, 3.63) is 19.8 Å². The summed E-state index contributed by atoms with van der Waals surface area (Å²) >= 11 is 1.36. The molecule has 1 unspecified atom stereocenters. The number of aliphatic hydroxyl groups is 1. The molecule has 0 aliphatic heterocycles. The second-order valence-electron chi connectivity index (χ2n) is 3.66. The molecule has 81 valence electrons. The topological polar surface area (TPSA) is 20.2 Å². The van der Waals surface area contributed by atoms with E-state index < -0.39 is 0 Å². The van der Waals surface area contributed by atoms with Gasteiger partial charge in [-0.1, -0.05) is 0 Å². The van der Waals surface area contributed by atoms with Crippen LogP contribution in [-0.4, -0.2) is 15.3 Å². The standard InChI is InChI=1S/C9H15OSi.2ClH.Zr/c1-4-9(3)5-7(10)8(11)6(9)2;;;/h10H,4H2,1-3,11H3;2*1H;. The van der Waals surface area contributed by atoms with Gasteiger partial charge in [-0.05, 0) is 0 Å². The van der Waals surface area contributed by atoms with Crippen molar-refractivity contribution in [3.63, 3.8) is 0 Å². The van der Waals surface area contributed by atoms with Crippen LogP contribution in [0.1, 0.15) is 27.2 Å². The van der Waals surface area contributed by atoms with Crippen molar-refractivity contribution in [1.29, 1.82) is 0 Å². The van der Waals surface area contributed by atoms with E-state index in [0.717, 1.165) is 16.7 Å². The van der Waals surface area contributed by atoms with Crippen molar-refractivity contribution in [3.8, 4) is 0 Å². The first-order chi connectivity index (χ1) is 5.45. The van der Waals surface area contributed by atoms with E-state index in [9.17, 15) is 5.11 Å². The van der Waals surface area contributed by atoms with Crippen LogP contribution in [-0.2, 0) is 24.7 Å². The molecule has 0 heterocycles. The average molecular weight is 331 g/mol. The molecule has 0 fully saturated rings. The minimum Gasteiger partial charge on any atom is -0.147 e. The Hall–Kier alpha value is 0.960. The average Bonchev–Trinajstić information content (AvgIpc) is 2.22. The van der Waals surface area contributed by atoms with Crippen molar-refractivity contribution in [2.75, 3.05) is 0 Å². The number of allylic oxidation sites excluding steroid dienone is 3. The van der Waals surface area contributed by atoms with Crippen LogP contribution >= 0.6 is 24.8 Å². The first-order valence-electron chi connectivity index (χ1n) is 4.28. The van der Waals surface area contributed by atoms with E-state index in [4.69, 9.17) is 0 Å². The molecule has 0 aromatic carbocycles. The van der Waals surface area contributed by atoms with Gasteiger partial charge >= 0.3 is 92.5 Å². The van der Waals surface area contributed by atoms with Crippen LogP contribution in [0.3, 0.4) is 0 Å². The zero-order valence-electron chi connectivity index (χ0n) is 8.97. The molecule has 1 N–H and O–H groups in total. The van der Waals surface area contributed by atoms with E-state index in [2.05, 4.69) is 20.8 Å². The maximum atomic E-state index is 9.78. The van der Waals surface area contributed by atoms with Gasteiger partial charge in [0.1, 0.15) is 0 Å². The molecule has 0 aromatic rings. The fraction of sp³-hybridized carbons (Fsp3) is 0.556. The molecule has 5 heteroatoms. The summed E-state index contributed by atoms with van der Waals surface area (Å²) in [6.45, 7) is 6.60. The summed E-state index contributed by atoms with van der Waals surface area (Å²) in [6.07, 6.45) is 1.11. The Morgan fingerprint density at radius 1 is 1.43 bits per heavy atom. The van der Waals surface area contributed by atoms with Crippen molar-refractivity contribution < 1.29 is 29.8 Å². The van der Waals surface area contributed by atoms with Crippen molar-refractivity contribution >= 4 is 35.1 Å². The number of hydrogen-bond donors (Lipinski definition) is 1. The molecule has 1 atom stereocenters. The fourth-order valence-corrected chi connectivity index (χ4v) is 4.44. The molecule has 1 rings (SSSR count). The second-order valence-corrected chi connectivity index (χ2v) is 5.89. The third kappa shape index (κ3) is 2.37. The fourth-order valence-electron chi connectivity index (χ4n) is 1.67. The van der Waals surface area contributed by atoms with E-state index in [1.54, 1.807) is 0 Å². The van der Waals surface area contributed by atoms with Gasteiger partial charge in [0.05, 0.1) is 0 Å². The molecule has 0 spiro atoms. The van der Waals surface area contributed by atoms with Crippen molar-refractivity contribution in [2.24, 2.45) is 5.41 Å². The van der Waals surface area contributed by atoms with E-state index in [0.29, 0.717) is 5.76 Å². The number of rotatable bonds is 1. The summed E-state index contributed by atoms with van der Waals surface area (Å²) in [4.78, 5) is 0. The Morgan fingerprint density at radius 2 is 1.86 bits per heavy atom. The molecule has 1 aliphatic rings. The van der Waals surface area contributed by atoms with Crippen molar-refractivity contribution in [1.82, 2.24) is 0 Å². The van der Waals surface area contributed by atoms with E-state index >= 15 is 0 Å². The minimum atomic E-state index is 0. The molecule has 0 aromatic heterocycles. The predicted octanol–water partition coefficient (Wildman–Crippen LogP) is 2.22. The Labute approximate surface area is 117 Å². The van der Waals surface area contributed by atoms with E-state index in [1.165, 1.54) is 38.8 Å². The Morgan fingerprint density at radius 3 is 2.00 bits per heavy atom. The Bertz CT molecular complexity index is 263. The first-order valence-corrected chi connectivity index (χ1v) is 6.51. The smallest absolute Gasteiger partial charge is 0.147 e. The summed E-state index contributed by atoms with van der Waals surface area (Å²) in [5.74, 6) is 0.613. The third-order valence-electron chi connectivity index (χ3n) is 3.24. The minimum absolute atomic E-state index is 0. The van der Waals surface area contributed by atoms with Gasteiger partial charge in [-0.25, -0.2) is 0 Å². The van der Waals surface area contributed by atoms with Crippen LogP contribution in [0.2, 0.25) is 0 Å². The third-order valence-corrected chi connectivity index (χ3v) is 6.40. The zero-order chi connectivity index (χ0) is 9.52. The van der Waals surface area contributed by atoms with Gasteiger partial charge in [-0.3, -0.25) is 0 Å². The molecule has 0 saturated heterocycles. The van der Waals surface area contributed by atoms with Crippen LogP contribution in [0.5, 0.6) is 0 Å². The predicted molar refractivity (Wildman–Crippen MR) is 65.2 cm³/mol. The van der Waals surface area contributed by atoms with Crippen molar-refractivity contribution in [2.45, 2.75) is 27.2 Å². The molecule has 1 nitrogen and oxygen atoms in total. The summed E-state index contributed by atoms with van der Waals surface area (Å²) < 4.78 is 1.25. The van der Waals surface area contributed by atoms with Gasteiger partial charge in [0.2, 0.25) is 0 Å². The maximum absolute atomic E-state index is 9.78. The molecular weight excluding hydrogens is 314 g/mol. The quantitative estimate of drug-likeness (QED) is 0.731. The second kappa shape index (κ2) is 5.89. The van der Waals surface area contributed by atoms with E-state index in [-0.39, 0.29) is 30.2 Å². The van der Waals surface area contributed by atoms with Gasteiger partial charge in [-0.15, -0.1) is 24.8 Å². The molecule has 0 bridgehead atoms. The monoisotopic (exact) mass is 329 g/mol. The normalized spacial score (nSPS) is 26.1.